The number of aryl methyl sites for hydroxylation is 1. The molecule has 2 aromatic rings. The Kier molecular flexibility index (Phi) is 10.3. The van der Waals surface area contributed by atoms with Crippen LogP contribution in [0.3, 0.4) is 0 Å². The van der Waals surface area contributed by atoms with Crippen LogP contribution in [0.4, 0.5) is 0 Å². The van der Waals surface area contributed by atoms with Crippen molar-refractivity contribution < 1.29 is 4.79 Å². The van der Waals surface area contributed by atoms with E-state index in [9.17, 15) is 4.79 Å². The molecule has 0 aliphatic carbocycles. The van der Waals surface area contributed by atoms with Gasteiger partial charge in [0.15, 0.2) is 0 Å². The molecule has 2 rings (SSSR count). The first-order valence-corrected chi connectivity index (χ1v) is 7.75. The van der Waals surface area contributed by atoms with Gasteiger partial charge in [-0.25, -0.2) is 4.98 Å². The zero-order valence-corrected chi connectivity index (χ0v) is 15.3. The van der Waals surface area contributed by atoms with Crippen molar-refractivity contribution in [3.63, 3.8) is 0 Å². The van der Waals surface area contributed by atoms with Crippen molar-refractivity contribution in [3.05, 3.63) is 29.3 Å². The van der Waals surface area contributed by atoms with E-state index in [1.165, 1.54) is 4.70 Å². The van der Waals surface area contributed by atoms with Crippen LogP contribution in [0.25, 0.3) is 10.2 Å². The first-order chi connectivity index (χ1) is 9.70. The third-order valence-electron chi connectivity index (χ3n) is 3.24. The largest absolute Gasteiger partial charge is 0.344 e. The van der Waals surface area contributed by atoms with Gasteiger partial charge in [0.2, 0.25) is 5.91 Å². The average molecular weight is 364 g/mol. The molecule has 0 aliphatic rings. The number of fused-ring (bicyclic) bond motifs is 1. The van der Waals surface area contributed by atoms with Crippen molar-refractivity contribution in [2.24, 2.45) is 0 Å². The van der Waals surface area contributed by atoms with Crippen molar-refractivity contribution >= 4 is 52.3 Å². The summed E-state index contributed by atoms with van der Waals surface area (Å²) in [5.41, 5.74) is 1.06. The number of hydrogen-bond donors (Lipinski definition) is 1. The fraction of sp³-hybridized carbons (Fsp3) is 0.467. The monoisotopic (exact) mass is 363 g/mol. The lowest BCUT2D eigenvalue weighted by Gasteiger charge is -2.16. The number of carbonyl (C=O) groups is 1. The number of carbonyl (C=O) groups excluding carboxylic acids is 1. The van der Waals surface area contributed by atoms with E-state index in [-0.39, 0.29) is 30.7 Å². The van der Waals surface area contributed by atoms with Crippen molar-refractivity contribution in [2.45, 2.75) is 19.3 Å². The molecule has 1 amide bonds. The zero-order valence-electron chi connectivity index (χ0n) is 12.9. The second-order valence-corrected chi connectivity index (χ2v) is 5.96. The topological polar surface area (TPSA) is 45.2 Å². The SMILES string of the molecule is CNCCN(C)C(=O)CCCc1nc2ccccc2s1.Cl.Cl. The van der Waals surface area contributed by atoms with Gasteiger partial charge in [0, 0.05) is 26.6 Å². The maximum atomic E-state index is 11.9. The Labute approximate surface area is 148 Å². The molecule has 22 heavy (non-hydrogen) atoms. The molecule has 0 atom stereocenters. The lowest BCUT2D eigenvalue weighted by Crippen LogP contribution is -2.32. The number of aromatic nitrogens is 1. The summed E-state index contributed by atoms with van der Waals surface area (Å²) in [5, 5.41) is 4.17. The Bertz CT molecular complexity index is 544. The highest BCUT2D eigenvalue weighted by Crippen LogP contribution is 2.22. The van der Waals surface area contributed by atoms with Gasteiger partial charge in [-0.15, -0.1) is 36.2 Å². The van der Waals surface area contributed by atoms with Crippen molar-refractivity contribution in [3.8, 4) is 0 Å². The molecule has 0 unspecified atom stereocenters. The van der Waals surface area contributed by atoms with E-state index < -0.39 is 0 Å². The number of benzene rings is 1. The predicted octanol–water partition coefficient (Wildman–Crippen LogP) is 3.14. The minimum atomic E-state index is 0. The molecule has 0 bridgehead atoms. The fourth-order valence-corrected chi connectivity index (χ4v) is 3.02. The normalized spacial score (nSPS) is 9.91. The van der Waals surface area contributed by atoms with Crippen LogP contribution < -0.4 is 5.32 Å². The molecule has 1 N–H and O–H groups in total. The Morgan fingerprint density at radius 1 is 1.32 bits per heavy atom. The van der Waals surface area contributed by atoms with Crippen LogP contribution in [-0.4, -0.2) is 43.0 Å². The van der Waals surface area contributed by atoms with Crippen LogP contribution in [0.2, 0.25) is 0 Å². The van der Waals surface area contributed by atoms with E-state index in [1.54, 1.807) is 16.2 Å². The van der Waals surface area contributed by atoms with Gasteiger partial charge in [-0.1, -0.05) is 12.1 Å². The summed E-state index contributed by atoms with van der Waals surface area (Å²) in [6, 6.07) is 8.16. The number of hydrogen-bond acceptors (Lipinski definition) is 4. The summed E-state index contributed by atoms with van der Waals surface area (Å²) >= 11 is 1.73. The zero-order chi connectivity index (χ0) is 14.4. The molecule has 0 spiro atoms. The van der Waals surface area contributed by atoms with Gasteiger partial charge in [0.1, 0.15) is 0 Å². The predicted molar refractivity (Wildman–Crippen MR) is 98.6 cm³/mol. The average Bonchev–Trinajstić information content (AvgIpc) is 2.87. The van der Waals surface area contributed by atoms with Crippen molar-refractivity contribution in [2.75, 3.05) is 27.2 Å². The second kappa shape index (κ2) is 10.8. The van der Waals surface area contributed by atoms with E-state index in [4.69, 9.17) is 0 Å². The molecule has 1 aromatic carbocycles. The Morgan fingerprint density at radius 3 is 2.73 bits per heavy atom. The molecule has 0 fully saturated rings. The van der Waals surface area contributed by atoms with Crippen LogP contribution in [-0.2, 0) is 11.2 Å². The molecule has 4 nitrogen and oxygen atoms in total. The number of nitrogens with one attached hydrogen (secondary N) is 1. The van der Waals surface area contributed by atoms with E-state index in [2.05, 4.69) is 16.4 Å². The first-order valence-electron chi connectivity index (χ1n) is 6.93. The smallest absolute Gasteiger partial charge is 0.222 e. The molecule has 1 aromatic heterocycles. The minimum Gasteiger partial charge on any atom is -0.344 e. The van der Waals surface area contributed by atoms with Gasteiger partial charge < -0.3 is 10.2 Å². The van der Waals surface area contributed by atoms with Crippen molar-refractivity contribution in [1.29, 1.82) is 0 Å². The number of nitrogens with zero attached hydrogens (tertiary/aromatic N) is 2. The van der Waals surface area contributed by atoms with E-state index in [1.807, 2.05) is 32.3 Å². The number of likely N-dealkylation sites (N-methyl/N-ethyl adjacent to an activating group) is 2. The van der Waals surface area contributed by atoms with Gasteiger partial charge in [-0.3, -0.25) is 4.79 Å². The Hall–Kier alpha value is -0.880. The maximum Gasteiger partial charge on any atom is 0.222 e. The van der Waals surface area contributed by atoms with Gasteiger partial charge in [0.05, 0.1) is 15.2 Å². The summed E-state index contributed by atoms with van der Waals surface area (Å²) < 4.78 is 1.22. The van der Waals surface area contributed by atoms with Gasteiger partial charge >= 0.3 is 0 Å². The van der Waals surface area contributed by atoms with Crippen LogP contribution in [0, 0.1) is 0 Å². The third kappa shape index (κ3) is 6.08. The highest BCUT2D eigenvalue weighted by Gasteiger charge is 2.09. The van der Waals surface area contributed by atoms with E-state index in [0.717, 1.165) is 36.5 Å². The number of para-hydroxylation sites is 1. The van der Waals surface area contributed by atoms with E-state index >= 15 is 0 Å². The molecule has 7 heteroatoms. The number of halogens is 2. The summed E-state index contributed by atoms with van der Waals surface area (Å²) in [4.78, 5) is 18.3. The number of thiazole rings is 1. The van der Waals surface area contributed by atoms with E-state index in [0.29, 0.717) is 6.42 Å². The van der Waals surface area contributed by atoms with Crippen LogP contribution in [0.15, 0.2) is 24.3 Å². The van der Waals surface area contributed by atoms with Crippen LogP contribution in [0.5, 0.6) is 0 Å². The lowest BCUT2D eigenvalue weighted by atomic mass is 10.2. The third-order valence-corrected chi connectivity index (χ3v) is 4.34. The molecule has 0 saturated carbocycles. The van der Waals surface area contributed by atoms with Gasteiger partial charge in [-0.2, -0.15) is 0 Å². The van der Waals surface area contributed by atoms with Gasteiger partial charge in [-0.05, 0) is 32.0 Å². The van der Waals surface area contributed by atoms with Crippen molar-refractivity contribution in [1.82, 2.24) is 15.2 Å². The molecule has 0 aliphatic heterocycles. The molecule has 0 saturated heterocycles. The van der Waals surface area contributed by atoms with Gasteiger partial charge in [0.25, 0.3) is 0 Å². The number of rotatable bonds is 7. The highest BCUT2D eigenvalue weighted by atomic mass is 35.5. The molecular formula is C15H23Cl2N3OS. The van der Waals surface area contributed by atoms with Crippen LogP contribution in [0.1, 0.15) is 17.8 Å². The molecule has 124 valence electrons. The summed E-state index contributed by atoms with van der Waals surface area (Å²) in [5.74, 6) is 0.210. The summed E-state index contributed by atoms with van der Waals surface area (Å²) in [6.07, 6.45) is 2.34. The molecule has 1 heterocycles. The fourth-order valence-electron chi connectivity index (χ4n) is 2.01. The number of amides is 1. The maximum absolute atomic E-state index is 11.9. The highest BCUT2D eigenvalue weighted by molar-refractivity contribution is 7.18. The summed E-state index contributed by atoms with van der Waals surface area (Å²) in [6.45, 7) is 1.59. The first kappa shape index (κ1) is 21.1. The molecular weight excluding hydrogens is 341 g/mol. The van der Waals surface area contributed by atoms with Crippen LogP contribution >= 0.6 is 36.2 Å². The Balaban J connectivity index is 0.00000220. The standard InChI is InChI=1S/C15H21N3OS.2ClH/c1-16-10-11-18(2)15(19)9-5-8-14-17-12-6-3-4-7-13(12)20-14;;/h3-4,6-7,16H,5,8-11H2,1-2H3;2*1H. The summed E-state index contributed by atoms with van der Waals surface area (Å²) in [7, 11) is 3.75. The molecule has 0 radical (unpaired) electrons. The second-order valence-electron chi connectivity index (χ2n) is 4.85. The Morgan fingerprint density at radius 2 is 2.05 bits per heavy atom. The lowest BCUT2D eigenvalue weighted by molar-refractivity contribution is -0.129. The quantitative estimate of drug-likeness (QED) is 0.821. The minimum absolute atomic E-state index is 0.